The summed E-state index contributed by atoms with van der Waals surface area (Å²) in [4.78, 5) is 12.8. The van der Waals surface area contributed by atoms with Crippen LogP contribution in [-0.4, -0.2) is 21.7 Å². The van der Waals surface area contributed by atoms with Crippen molar-refractivity contribution in [1.82, 2.24) is 15.1 Å². The molecule has 0 radical (unpaired) electrons. The van der Waals surface area contributed by atoms with Crippen LogP contribution in [0.3, 0.4) is 0 Å². The van der Waals surface area contributed by atoms with Gasteiger partial charge < -0.3 is 10.1 Å². The number of halogens is 1. The number of amides is 1. The molecule has 5 rings (SSSR count). The van der Waals surface area contributed by atoms with Gasteiger partial charge in [0.25, 0.3) is 0 Å². The zero-order valence-corrected chi connectivity index (χ0v) is 20.5. The van der Waals surface area contributed by atoms with Crippen molar-refractivity contribution in [3.63, 3.8) is 0 Å². The van der Waals surface area contributed by atoms with Crippen LogP contribution in [0, 0.1) is 25.1 Å². The number of hydrogen-bond donors (Lipinski definition) is 1. The highest BCUT2D eigenvalue weighted by molar-refractivity contribution is 5.85. The van der Waals surface area contributed by atoms with E-state index in [4.69, 9.17) is 4.74 Å². The average Bonchev–Trinajstić information content (AvgIpc) is 3.45. The Bertz CT molecular complexity index is 1390. The molecule has 1 saturated carbocycles. The van der Waals surface area contributed by atoms with Crippen LogP contribution in [-0.2, 0) is 4.79 Å². The number of carbonyl (C=O) groups is 1. The van der Waals surface area contributed by atoms with E-state index in [1.54, 1.807) is 23.0 Å². The predicted molar refractivity (Wildman–Crippen MR) is 135 cm³/mol. The fourth-order valence-corrected chi connectivity index (χ4v) is 4.47. The van der Waals surface area contributed by atoms with Gasteiger partial charge in [-0.1, -0.05) is 30.7 Å². The summed E-state index contributed by atoms with van der Waals surface area (Å²) in [6.07, 6.45) is 3.27. The van der Waals surface area contributed by atoms with Gasteiger partial charge in [0.2, 0.25) is 5.91 Å². The molecule has 4 aromatic rings. The average molecular weight is 472 g/mol. The SMILES string of the molecule is Cc1ccc([C@H](Oc2ccc3c(cnn3-c3ccc(F)cc3)c2)[C@H](C)NC(=O)C2(C)CC2)c(C)c1. The van der Waals surface area contributed by atoms with E-state index in [9.17, 15) is 9.18 Å². The monoisotopic (exact) mass is 471 g/mol. The minimum Gasteiger partial charge on any atom is -0.484 e. The number of nitrogens with one attached hydrogen (secondary N) is 1. The van der Waals surface area contributed by atoms with Crippen LogP contribution in [0.4, 0.5) is 4.39 Å². The van der Waals surface area contributed by atoms with Gasteiger partial charge >= 0.3 is 0 Å². The van der Waals surface area contributed by atoms with Crippen LogP contribution in [0.2, 0.25) is 0 Å². The fraction of sp³-hybridized carbons (Fsp3) is 0.310. The number of aromatic nitrogens is 2. The Kier molecular flexibility index (Phi) is 5.83. The molecule has 1 aliphatic carbocycles. The van der Waals surface area contributed by atoms with Gasteiger partial charge in [0, 0.05) is 10.8 Å². The van der Waals surface area contributed by atoms with E-state index in [-0.39, 0.29) is 29.3 Å². The number of rotatable bonds is 7. The smallest absolute Gasteiger partial charge is 0.226 e. The maximum absolute atomic E-state index is 13.3. The molecular weight excluding hydrogens is 441 g/mol. The third kappa shape index (κ3) is 4.65. The number of aryl methyl sites for hydroxylation is 2. The van der Waals surface area contributed by atoms with Crippen molar-refractivity contribution < 1.29 is 13.9 Å². The molecular formula is C29H30FN3O2. The van der Waals surface area contributed by atoms with Gasteiger partial charge in [-0.3, -0.25) is 4.79 Å². The quantitative estimate of drug-likeness (QED) is 0.349. The third-order valence-corrected chi connectivity index (χ3v) is 6.97. The van der Waals surface area contributed by atoms with Gasteiger partial charge in [-0.15, -0.1) is 0 Å². The molecule has 1 amide bonds. The Morgan fingerprint density at radius 2 is 1.83 bits per heavy atom. The van der Waals surface area contributed by atoms with E-state index >= 15 is 0 Å². The molecule has 1 aromatic heterocycles. The molecule has 5 nitrogen and oxygen atoms in total. The Labute approximate surface area is 204 Å². The van der Waals surface area contributed by atoms with Crippen molar-refractivity contribution in [1.29, 1.82) is 0 Å². The molecule has 0 aliphatic heterocycles. The van der Waals surface area contributed by atoms with Crippen LogP contribution in [0.5, 0.6) is 5.75 Å². The number of ether oxygens (including phenoxy) is 1. The first-order valence-corrected chi connectivity index (χ1v) is 12.0. The van der Waals surface area contributed by atoms with Crippen molar-refractivity contribution in [2.24, 2.45) is 5.41 Å². The summed E-state index contributed by atoms with van der Waals surface area (Å²) < 4.78 is 21.7. The highest BCUT2D eigenvalue weighted by Crippen LogP contribution is 2.45. The molecule has 3 aromatic carbocycles. The van der Waals surface area contributed by atoms with E-state index in [1.807, 2.05) is 32.0 Å². The van der Waals surface area contributed by atoms with E-state index in [2.05, 4.69) is 42.5 Å². The first kappa shape index (κ1) is 23.1. The maximum atomic E-state index is 13.3. The van der Waals surface area contributed by atoms with Crippen LogP contribution >= 0.6 is 0 Å². The summed E-state index contributed by atoms with van der Waals surface area (Å²) in [6, 6.07) is 18.1. The van der Waals surface area contributed by atoms with Gasteiger partial charge in [-0.25, -0.2) is 9.07 Å². The predicted octanol–water partition coefficient (Wildman–Crippen LogP) is 6.21. The van der Waals surface area contributed by atoms with Crippen LogP contribution < -0.4 is 10.1 Å². The van der Waals surface area contributed by atoms with Crippen LogP contribution in [0.1, 0.15) is 49.5 Å². The van der Waals surface area contributed by atoms with Gasteiger partial charge in [-0.05, 0) is 87.2 Å². The van der Waals surface area contributed by atoms with E-state index in [0.717, 1.165) is 40.6 Å². The second-order valence-corrected chi connectivity index (χ2v) is 9.97. The Balaban J connectivity index is 1.45. The number of carbonyl (C=O) groups excluding carboxylic acids is 1. The van der Waals surface area contributed by atoms with Gasteiger partial charge in [-0.2, -0.15) is 5.10 Å². The molecule has 1 N–H and O–H groups in total. The minimum atomic E-state index is -0.355. The summed E-state index contributed by atoms with van der Waals surface area (Å²) >= 11 is 0. The molecule has 0 spiro atoms. The van der Waals surface area contributed by atoms with Crippen molar-refractivity contribution >= 4 is 16.8 Å². The largest absolute Gasteiger partial charge is 0.484 e. The molecule has 1 heterocycles. The summed E-state index contributed by atoms with van der Waals surface area (Å²) in [5.41, 5.74) is 4.78. The molecule has 1 fully saturated rings. The van der Waals surface area contributed by atoms with Crippen molar-refractivity contribution in [2.45, 2.75) is 52.7 Å². The lowest BCUT2D eigenvalue weighted by molar-refractivity contribution is -0.127. The fourth-order valence-electron chi connectivity index (χ4n) is 4.47. The van der Waals surface area contributed by atoms with Crippen LogP contribution in [0.25, 0.3) is 16.6 Å². The van der Waals surface area contributed by atoms with E-state index < -0.39 is 0 Å². The zero-order chi connectivity index (χ0) is 24.7. The Hall–Kier alpha value is -3.67. The summed E-state index contributed by atoms with van der Waals surface area (Å²) in [5.74, 6) is 0.495. The number of fused-ring (bicyclic) bond motifs is 1. The minimum absolute atomic E-state index is 0.0828. The summed E-state index contributed by atoms with van der Waals surface area (Å²) in [5, 5.41) is 8.60. The van der Waals surface area contributed by atoms with E-state index in [0.29, 0.717) is 5.75 Å². The van der Waals surface area contributed by atoms with Crippen molar-refractivity contribution in [2.75, 3.05) is 0 Å². The second kappa shape index (κ2) is 8.84. The topological polar surface area (TPSA) is 56.1 Å². The van der Waals surface area contributed by atoms with Crippen LogP contribution in [0.15, 0.2) is 66.9 Å². The Morgan fingerprint density at radius 1 is 1.09 bits per heavy atom. The first-order chi connectivity index (χ1) is 16.7. The normalized spacial score (nSPS) is 16.0. The highest BCUT2D eigenvalue weighted by Gasteiger charge is 2.45. The zero-order valence-electron chi connectivity index (χ0n) is 20.5. The summed E-state index contributed by atoms with van der Waals surface area (Å²) in [7, 11) is 0. The molecule has 1 aliphatic rings. The van der Waals surface area contributed by atoms with Gasteiger partial charge in [0.15, 0.2) is 0 Å². The van der Waals surface area contributed by atoms with Gasteiger partial charge in [0.1, 0.15) is 17.7 Å². The molecule has 180 valence electrons. The van der Waals surface area contributed by atoms with Crippen molar-refractivity contribution in [3.8, 4) is 11.4 Å². The molecule has 0 bridgehead atoms. The standard InChI is InChI=1S/C29H30FN3O2/c1-18-5-11-25(19(2)15-18)27(20(3)32-28(34)29(4)13-14-29)35-24-10-12-26-21(16-24)17-31-33(26)23-8-6-22(30)7-9-23/h5-12,15-17,20,27H,13-14H2,1-4H3,(H,32,34)/t20-,27+/m0/s1. The highest BCUT2D eigenvalue weighted by atomic mass is 19.1. The molecule has 0 saturated heterocycles. The maximum Gasteiger partial charge on any atom is 0.226 e. The lowest BCUT2D eigenvalue weighted by atomic mass is 9.96. The first-order valence-electron chi connectivity index (χ1n) is 12.0. The number of hydrogen-bond acceptors (Lipinski definition) is 3. The third-order valence-electron chi connectivity index (χ3n) is 6.97. The van der Waals surface area contributed by atoms with E-state index in [1.165, 1.54) is 17.7 Å². The number of nitrogens with zero attached hydrogens (tertiary/aromatic N) is 2. The summed E-state index contributed by atoms with van der Waals surface area (Å²) in [6.45, 7) is 8.15. The lowest BCUT2D eigenvalue weighted by Gasteiger charge is -2.29. The van der Waals surface area contributed by atoms with Gasteiger partial charge in [0.05, 0.1) is 23.4 Å². The molecule has 0 unspecified atom stereocenters. The van der Waals surface area contributed by atoms with Crippen molar-refractivity contribution in [3.05, 3.63) is 89.4 Å². The second-order valence-electron chi connectivity index (χ2n) is 9.97. The number of benzene rings is 3. The Morgan fingerprint density at radius 3 is 2.51 bits per heavy atom. The molecule has 35 heavy (non-hydrogen) atoms. The molecule has 2 atom stereocenters. The lowest BCUT2D eigenvalue weighted by Crippen LogP contribution is -2.42. The molecule has 6 heteroatoms.